The summed E-state index contributed by atoms with van der Waals surface area (Å²) < 4.78 is 14.1. The van der Waals surface area contributed by atoms with Gasteiger partial charge in [0.2, 0.25) is 5.91 Å². The smallest absolute Gasteiger partial charge is 0.229 e. The second kappa shape index (κ2) is 8.44. The zero-order valence-electron chi connectivity index (χ0n) is 17.6. The van der Waals surface area contributed by atoms with Crippen LogP contribution in [0.3, 0.4) is 0 Å². The Morgan fingerprint density at radius 2 is 1.79 bits per heavy atom. The zero-order chi connectivity index (χ0) is 20.4. The monoisotopic (exact) mass is 382 g/mol. The van der Waals surface area contributed by atoms with Gasteiger partial charge in [-0.05, 0) is 75.0 Å². The van der Waals surface area contributed by atoms with Crippen LogP contribution in [0.15, 0.2) is 36.4 Å². The third-order valence-corrected chi connectivity index (χ3v) is 5.60. The summed E-state index contributed by atoms with van der Waals surface area (Å²) in [5.41, 5.74) is 5.28. The third-order valence-electron chi connectivity index (χ3n) is 5.60. The van der Waals surface area contributed by atoms with E-state index in [4.69, 9.17) is 0 Å². The minimum Gasteiger partial charge on any atom is -0.311 e. The van der Waals surface area contributed by atoms with Crippen LogP contribution in [0, 0.1) is 31.5 Å². The van der Waals surface area contributed by atoms with E-state index in [0.717, 1.165) is 35.3 Å². The molecule has 0 aromatic heterocycles. The van der Waals surface area contributed by atoms with E-state index in [-0.39, 0.29) is 23.6 Å². The SMILES string of the molecule is Cc1cc(CN(C)C)cc(C)c1N1C[C@@H](Cc2ccccc2F)C[C@@H](C)C1=O. The van der Waals surface area contributed by atoms with Gasteiger partial charge in [0.25, 0.3) is 0 Å². The Morgan fingerprint density at radius 1 is 1.14 bits per heavy atom. The Bertz CT molecular complexity index is 838. The van der Waals surface area contributed by atoms with Crippen molar-refractivity contribution in [2.45, 2.75) is 40.2 Å². The van der Waals surface area contributed by atoms with Gasteiger partial charge in [-0.2, -0.15) is 0 Å². The van der Waals surface area contributed by atoms with Crippen LogP contribution < -0.4 is 4.90 Å². The highest BCUT2D eigenvalue weighted by Crippen LogP contribution is 2.34. The first kappa shape index (κ1) is 20.5. The second-order valence-corrected chi connectivity index (χ2v) is 8.56. The fourth-order valence-corrected chi connectivity index (χ4v) is 4.54. The summed E-state index contributed by atoms with van der Waals surface area (Å²) in [5, 5.41) is 0. The van der Waals surface area contributed by atoms with Crippen LogP contribution in [-0.4, -0.2) is 31.4 Å². The Morgan fingerprint density at radius 3 is 2.39 bits per heavy atom. The number of anilines is 1. The maximum atomic E-state index is 14.1. The van der Waals surface area contributed by atoms with E-state index < -0.39 is 0 Å². The van der Waals surface area contributed by atoms with Gasteiger partial charge in [0, 0.05) is 24.7 Å². The van der Waals surface area contributed by atoms with Crippen LogP contribution in [0.4, 0.5) is 10.1 Å². The molecule has 3 rings (SSSR count). The molecule has 0 unspecified atom stereocenters. The van der Waals surface area contributed by atoms with Crippen molar-refractivity contribution in [3.63, 3.8) is 0 Å². The van der Waals surface area contributed by atoms with E-state index in [9.17, 15) is 9.18 Å². The predicted octanol–water partition coefficient (Wildman–Crippen LogP) is 4.74. The number of benzene rings is 2. The first-order valence-corrected chi connectivity index (χ1v) is 10.1. The summed E-state index contributed by atoms with van der Waals surface area (Å²) in [6.45, 7) is 7.68. The van der Waals surface area contributed by atoms with Crippen molar-refractivity contribution in [1.29, 1.82) is 0 Å². The molecule has 0 spiro atoms. The van der Waals surface area contributed by atoms with Crippen LogP contribution in [-0.2, 0) is 17.8 Å². The highest BCUT2D eigenvalue weighted by atomic mass is 19.1. The molecular formula is C24H31FN2O. The van der Waals surface area contributed by atoms with Crippen molar-refractivity contribution in [2.75, 3.05) is 25.5 Å². The maximum absolute atomic E-state index is 14.1. The number of hydrogen-bond acceptors (Lipinski definition) is 2. The van der Waals surface area contributed by atoms with Crippen LogP contribution in [0.5, 0.6) is 0 Å². The number of rotatable bonds is 5. The van der Waals surface area contributed by atoms with Crippen LogP contribution in [0.25, 0.3) is 0 Å². The summed E-state index contributed by atoms with van der Waals surface area (Å²) in [7, 11) is 4.11. The van der Waals surface area contributed by atoms with E-state index in [2.05, 4.69) is 45.0 Å². The Kier molecular flexibility index (Phi) is 6.19. The van der Waals surface area contributed by atoms with Crippen molar-refractivity contribution in [3.05, 3.63) is 64.5 Å². The highest BCUT2D eigenvalue weighted by molar-refractivity contribution is 5.97. The lowest BCUT2D eigenvalue weighted by atomic mass is 9.84. The third kappa shape index (κ3) is 4.44. The first-order chi connectivity index (χ1) is 13.3. The fraction of sp³-hybridized carbons (Fsp3) is 0.458. The molecule has 150 valence electrons. The number of halogens is 1. The average Bonchev–Trinajstić information content (AvgIpc) is 2.60. The standard InChI is InChI=1S/C24H31FN2O/c1-16-10-19(14-26(4)5)11-17(2)23(16)27-15-20(12-18(3)24(27)28)13-21-8-6-7-9-22(21)25/h6-11,18,20H,12-15H2,1-5H3/t18-,20-/m1/s1. The first-order valence-electron chi connectivity index (χ1n) is 10.1. The molecule has 0 bridgehead atoms. The van der Waals surface area contributed by atoms with E-state index >= 15 is 0 Å². The molecule has 1 aliphatic heterocycles. The van der Waals surface area contributed by atoms with Gasteiger partial charge >= 0.3 is 0 Å². The number of carbonyl (C=O) groups excluding carboxylic acids is 1. The molecule has 1 fully saturated rings. The number of piperidine rings is 1. The van der Waals surface area contributed by atoms with Crippen molar-refractivity contribution < 1.29 is 9.18 Å². The zero-order valence-corrected chi connectivity index (χ0v) is 17.6. The quantitative estimate of drug-likeness (QED) is 0.746. The van der Waals surface area contributed by atoms with Gasteiger partial charge < -0.3 is 9.80 Å². The van der Waals surface area contributed by atoms with Gasteiger partial charge in [0.1, 0.15) is 5.82 Å². The lowest BCUT2D eigenvalue weighted by molar-refractivity contribution is -0.124. The largest absolute Gasteiger partial charge is 0.311 e. The normalized spacial score (nSPS) is 20.1. The maximum Gasteiger partial charge on any atom is 0.229 e. The number of amides is 1. The molecule has 2 aromatic rings. The molecule has 1 amide bonds. The Balaban J connectivity index is 1.88. The van der Waals surface area contributed by atoms with E-state index in [1.807, 2.05) is 24.0 Å². The molecule has 0 radical (unpaired) electrons. The van der Waals surface area contributed by atoms with Gasteiger partial charge in [-0.25, -0.2) is 4.39 Å². The van der Waals surface area contributed by atoms with Gasteiger partial charge in [-0.1, -0.05) is 37.3 Å². The lowest BCUT2D eigenvalue weighted by Crippen LogP contribution is -2.46. The average molecular weight is 383 g/mol. The van der Waals surface area contributed by atoms with Gasteiger partial charge in [0.05, 0.1) is 0 Å². The number of aryl methyl sites for hydroxylation is 2. The molecule has 0 N–H and O–H groups in total. The molecule has 28 heavy (non-hydrogen) atoms. The molecule has 1 heterocycles. The minimum atomic E-state index is -0.154. The Labute approximate surface area is 168 Å². The summed E-state index contributed by atoms with van der Waals surface area (Å²) in [6, 6.07) is 11.3. The summed E-state index contributed by atoms with van der Waals surface area (Å²) >= 11 is 0. The van der Waals surface area contributed by atoms with E-state index in [1.165, 1.54) is 11.6 Å². The molecule has 2 aromatic carbocycles. The highest BCUT2D eigenvalue weighted by Gasteiger charge is 2.34. The number of carbonyl (C=O) groups is 1. The van der Waals surface area contributed by atoms with Crippen LogP contribution in [0.1, 0.15) is 35.6 Å². The lowest BCUT2D eigenvalue weighted by Gasteiger charge is -2.38. The summed E-state index contributed by atoms with van der Waals surface area (Å²) in [6.07, 6.45) is 1.47. The minimum absolute atomic E-state index is 0.0502. The summed E-state index contributed by atoms with van der Waals surface area (Å²) in [5.74, 6) is 0.228. The number of hydrogen-bond donors (Lipinski definition) is 0. The molecular weight excluding hydrogens is 351 g/mol. The number of nitrogens with zero attached hydrogens (tertiary/aromatic N) is 2. The predicted molar refractivity (Wildman–Crippen MR) is 113 cm³/mol. The molecule has 2 atom stereocenters. The van der Waals surface area contributed by atoms with Crippen molar-refractivity contribution in [3.8, 4) is 0 Å². The molecule has 0 saturated carbocycles. The van der Waals surface area contributed by atoms with Gasteiger partial charge in [-0.3, -0.25) is 4.79 Å². The van der Waals surface area contributed by atoms with Crippen LogP contribution in [0.2, 0.25) is 0 Å². The van der Waals surface area contributed by atoms with Crippen LogP contribution >= 0.6 is 0 Å². The van der Waals surface area contributed by atoms with Gasteiger partial charge in [0.15, 0.2) is 0 Å². The van der Waals surface area contributed by atoms with Gasteiger partial charge in [-0.15, -0.1) is 0 Å². The van der Waals surface area contributed by atoms with Crippen molar-refractivity contribution >= 4 is 11.6 Å². The van der Waals surface area contributed by atoms with E-state index in [1.54, 1.807) is 6.07 Å². The summed E-state index contributed by atoms with van der Waals surface area (Å²) in [4.78, 5) is 17.1. The topological polar surface area (TPSA) is 23.6 Å². The second-order valence-electron chi connectivity index (χ2n) is 8.56. The van der Waals surface area contributed by atoms with E-state index in [0.29, 0.717) is 13.0 Å². The fourth-order valence-electron chi connectivity index (χ4n) is 4.54. The molecule has 0 aliphatic carbocycles. The molecule has 4 heteroatoms. The van der Waals surface area contributed by atoms with Crippen molar-refractivity contribution in [2.24, 2.45) is 11.8 Å². The molecule has 3 nitrogen and oxygen atoms in total. The molecule has 1 aliphatic rings. The molecule has 1 saturated heterocycles. The Hall–Kier alpha value is -2.20. The van der Waals surface area contributed by atoms with Crippen molar-refractivity contribution in [1.82, 2.24) is 4.90 Å².